The fourth-order valence-corrected chi connectivity index (χ4v) is 4.25. The van der Waals surface area contributed by atoms with Gasteiger partial charge in [0.1, 0.15) is 12.3 Å². The highest BCUT2D eigenvalue weighted by Gasteiger charge is 2.37. The molecule has 0 aromatic heterocycles. The number of hydrogen-bond donors (Lipinski definition) is 0. The Morgan fingerprint density at radius 2 is 2.07 bits per heavy atom. The number of morpholine rings is 1. The van der Waals surface area contributed by atoms with E-state index in [9.17, 15) is 14.4 Å². The largest absolute Gasteiger partial charge is 0.493 e. The number of hydrogen-bond acceptors (Lipinski definition) is 6. The van der Waals surface area contributed by atoms with Crippen LogP contribution in [0.5, 0.6) is 5.75 Å². The first-order valence-corrected chi connectivity index (χ1v) is 10.4. The first-order chi connectivity index (χ1) is 13.0. The monoisotopic (exact) mass is 502 g/mol. The lowest BCUT2D eigenvalue weighted by molar-refractivity contribution is -0.139. The van der Waals surface area contributed by atoms with E-state index >= 15 is 0 Å². The molecule has 0 atom stereocenters. The van der Waals surface area contributed by atoms with Gasteiger partial charge in [0, 0.05) is 13.1 Å². The quantitative estimate of drug-likeness (QED) is 0.455. The van der Waals surface area contributed by atoms with E-state index in [1.165, 1.54) is 0 Å². The van der Waals surface area contributed by atoms with Crippen molar-refractivity contribution in [2.24, 2.45) is 0 Å². The molecule has 2 saturated heterocycles. The molecule has 2 aliphatic heterocycles. The molecular formula is C18H19IN2O5S. The molecule has 0 aliphatic carbocycles. The van der Waals surface area contributed by atoms with Gasteiger partial charge >= 0.3 is 0 Å². The summed E-state index contributed by atoms with van der Waals surface area (Å²) in [6, 6.07) is 5.56. The van der Waals surface area contributed by atoms with Gasteiger partial charge in [-0.05, 0) is 65.0 Å². The van der Waals surface area contributed by atoms with Gasteiger partial charge in [0.15, 0.2) is 0 Å². The fourth-order valence-electron chi connectivity index (χ4n) is 2.72. The maximum atomic E-state index is 12.6. The SMILES string of the molecule is CCOc1ccc(/C=C2/SC(=O)N(CC(=O)N3CCOCC3)C2=O)cc1I. The van der Waals surface area contributed by atoms with E-state index in [0.29, 0.717) is 37.8 Å². The zero-order valence-electron chi connectivity index (χ0n) is 14.8. The minimum Gasteiger partial charge on any atom is -0.493 e. The molecule has 1 aromatic rings. The van der Waals surface area contributed by atoms with Crippen molar-refractivity contribution in [1.82, 2.24) is 9.80 Å². The van der Waals surface area contributed by atoms with Crippen LogP contribution in [0.1, 0.15) is 12.5 Å². The molecule has 27 heavy (non-hydrogen) atoms. The molecule has 9 heteroatoms. The summed E-state index contributed by atoms with van der Waals surface area (Å²) < 4.78 is 11.6. The van der Waals surface area contributed by atoms with Crippen LogP contribution in [-0.4, -0.2) is 66.3 Å². The standard InChI is InChI=1S/C18H19IN2O5S/c1-2-26-14-4-3-12(9-13(14)19)10-15-17(23)21(18(24)27-15)11-16(22)20-5-7-25-8-6-20/h3-4,9-10H,2,5-8,11H2,1H3/b15-10+. The van der Waals surface area contributed by atoms with Gasteiger partial charge in [-0.25, -0.2) is 0 Å². The first kappa shape index (κ1) is 20.2. The Labute approximate surface area is 175 Å². The van der Waals surface area contributed by atoms with E-state index in [1.54, 1.807) is 11.0 Å². The van der Waals surface area contributed by atoms with Crippen molar-refractivity contribution in [3.8, 4) is 5.75 Å². The smallest absolute Gasteiger partial charge is 0.294 e. The molecule has 0 radical (unpaired) electrons. The number of carbonyl (C=O) groups excluding carboxylic acids is 3. The molecule has 0 spiro atoms. The third-order valence-corrected chi connectivity index (χ3v) is 5.83. The maximum absolute atomic E-state index is 12.6. The Morgan fingerprint density at radius 3 is 2.74 bits per heavy atom. The van der Waals surface area contributed by atoms with Gasteiger partial charge in [-0.2, -0.15) is 0 Å². The van der Waals surface area contributed by atoms with E-state index in [-0.39, 0.29) is 12.5 Å². The number of thioether (sulfide) groups is 1. The second-order valence-electron chi connectivity index (χ2n) is 5.88. The van der Waals surface area contributed by atoms with Crippen LogP contribution in [0.25, 0.3) is 6.08 Å². The summed E-state index contributed by atoms with van der Waals surface area (Å²) in [6.45, 7) is 4.17. The molecule has 0 bridgehead atoms. The van der Waals surface area contributed by atoms with Gasteiger partial charge in [0.25, 0.3) is 11.1 Å². The second-order valence-corrected chi connectivity index (χ2v) is 8.04. The third kappa shape index (κ3) is 4.82. The van der Waals surface area contributed by atoms with Crippen LogP contribution in [0, 0.1) is 3.57 Å². The normalized spacial score (nSPS) is 19.1. The van der Waals surface area contributed by atoms with E-state index in [4.69, 9.17) is 9.47 Å². The zero-order valence-corrected chi connectivity index (χ0v) is 17.7. The number of rotatable bonds is 5. The van der Waals surface area contributed by atoms with Crippen LogP contribution in [0.15, 0.2) is 23.1 Å². The van der Waals surface area contributed by atoms with Crippen molar-refractivity contribution in [1.29, 1.82) is 0 Å². The van der Waals surface area contributed by atoms with Crippen LogP contribution in [0.4, 0.5) is 4.79 Å². The van der Waals surface area contributed by atoms with Gasteiger partial charge in [0.2, 0.25) is 5.91 Å². The zero-order chi connectivity index (χ0) is 19.4. The van der Waals surface area contributed by atoms with Crippen LogP contribution in [-0.2, 0) is 14.3 Å². The molecule has 0 N–H and O–H groups in total. The molecule has 1 aromatic carbocycles. The Bertz CT molecular complexity index is 792. The predicted octanol–water partition coefficient (Wildman–Crippen LogP) is 2.59. The number of amides is 3. The van der Waals surface area contributed by atoms with E-state index in [0.717, 1.165) is 31.5 Å². The van der Waals surface area contributed by atoms with Crippen LogP contribution in [0.3, 0.4) is 0 Å². The molecule has 3 rings (SSSR count). The average molecular weight is 502 g/mol. The lowest BCUT2D eigenvalue weighted by Gasteiger charge is -2.28. The lowest BCUT2D eigenvalue weighted by Crippen LogP contribution is -2.46. The molecule has 0 unspecified atom stereocenters. The Balaban J connectivity index is 1.70. The molecule has 3 amide bonds. The van der Waals surface area contributed by atoms with Gasteiger partial charge in [0.05, 0.1) is 28.3 Å². The Kier molecular flexibility index (Phi) is 6.77. The minimum atomic E-state index is -0.435. The van der Waals surface area contributed by atoms with Gasteiger partial charge in [-0.3, -0.25) is 19.3 Å². The maximum Gasteiger partial charge on any atom is 0.294 e. The van der Waals surface area contributed by atoms with Crippen molar-refractivity contribution in [3.63, 3.8) is 0 Å². The highest BCUT2D eigenvalue weighted by atomic mass is 127. The summed E-state index contributed by atoms with van der Waals surface area (Å²) in [6.07, 6.45) is 1.67. The summed E-state index contributed by atoms with van der Waals surface area (Å²) in [5.74, 6) is 0.104. The van der Waals surface area contributed by atoms with Crippen molar-refractivity contribution in [2.75, 3.05) is 39.5 Å². The number of ether oxygens (including phenoxy) is 2. The van der Waals surface area contributed by atoms with Crippen LogP contribution < -0.4 is 4.74 Å². The number of benzene rings is 1. The first-order valence-electron chi connectivity index (χ1n) is 8.53. The fraction of sp³-hybridized carbons (Fsp3) is 0.389. The number of nitrogens with zero attached hydrogens (tertiary/aromatic N) is 2. The summed E-state index contributed by atoms with van der Waals surface area (Å²) in [7, 11) is 0. The Morgan fingerprint density at radius 1 is 1.33 bits per heavy atom. The minimum absolute atomic E-state index is 0.233. The summed E-state index contributed by atoms with van der Waals surface area (Å²) in [5, 5.41) is -0.423. The van der Waals surface area contributed by atoms with Crippen molar-refractivity contribution in [2.45, 2.75) is 6.92 Å². The topological polar surface area (TPSA) is 76.2 Å². The van der Waals surface area contributed by atoms with E-state index in [1.807, 2.05) is 25.1 Å². The highest BCUT2D eigenvalue weighted by molar-refractivity contribution is 14.1. The molecule has 144 valence electrons. The highest BCUT2D eigenvalue weighted by Crippen LogP contribution is 2.33. The predicted molar refractivity (Wildman–Crippen MR) is 110 cm³/mol. The molecule has 0 saturated carbocycles. The van der Waals surface area contributed by atoms with Gasteiger partial charge < -0.3 is 14.4 Å². The van der Waals surface area contributed by atoms with E-state index in [2.05, 4.69) is 22.6 Å². The van der Waals surface area contributed by atoms with Crippen molar-refractivity contribution < 1.29 is 23.9 Å². The average Bonchev–Trinajstić information content (AvgIpc) is 2.92. The molecule has 2 aliphatic rings. The van der Waals surface area contributed by atoms with E-state index < -0.39 is 11.1 Å². The summed E-state index contributed by atoms with van der Waals surface area (Å²) in [5.41, 5.74) is 0.799. The van der Waals surface area contributed by atoms with Crippen LogP contribution >= 0.6 is 34.4 Å². The third-order valence-electron chi connectivity index (χ3n) is 4.08. The van der Waals surface area contributed by atoms with Gasteiger partial charge in [-0.15, -0.1) is 0 Å². The van der Waals surface area contributed by atoms with Gasteiger partial charge in [-0.1, -0.05) is 6.07 Å². The molecular weight excluding hydrogens is 483 g/mol. The summed E-state index contributed by atoms with van der Waals surface area (Å²) in [4.78, 5) is 40.1. The Hall–Kier alpha value is -1.59. The lowest BCUT2D eigenvalue weighted by atomic mass is 10.2. The van der Waals surface area contributed by atoms with Crippen molar-refractivity contribution >= 4 is 57.5 Å². The number of imide groups is 1. The number of carbonyl (C=O) groups is 3. The molecule has 2 heterocycles. The van der Waals surface area contributed by atoms with Crippen molar-refractivity contribution in [3.05, 3.63) is 32.2 Å². The second kappa shape index (κ2) is 9.07. The molecule has 2 fully saturated rings. The number of halogens is 1. The summed E-state index contributed by atoms with van der Waals surface area (Å²) >= 11 is 3.02. The van der Waals surface area contributed by atoms with Crippen LogP contribution in [0.2, 0.25) is 0 Å². The molecule has 7 nitrogen and oxygen atoms in total.